The maximum Gasteiger partial charge on any atom is 0.316 e. The molecular weight excluding hydrogens is 388 g/mol. The van der Waals surface area contributed by atoms with Gasteiger partial charge in [0.25, 0.3) is 0 Å². The molecule has 0 aromatic heterocycles. The molecule has 5 fully saturated rings. The highest BCUT2D eigenvalue weighted by molar-refractivity contribution is 5.82. The van der Waals surface area contributed by atoms with Crippen molar-refractivity contribution >= 4 is 11.9 Å². The van der Waals surface area contributed by atoms with Crippen molar-refractivity contribution in [3.8, 4) is 0 Å². The summed E-state index contributed by atoms with van der Waals surface area (Å²) in [6.45, 7) is 9.88. The lowest BCUT2D eigenvalue weighted by molar-refractivity contribution is -0.284. The molecular formula is C23H32O7. The van der Waals surface area contributed by atoms with Crippen LogP contribution in [0.1, 0.15) is 52.9 Å². The number of aliphatic hydroxyl groups is 1. The highest BCUT2D eigenvalue weighted by Gasteiger charge is 2.80. The average Bonchev–Trinajstić information content (AvgIpc) is 3.09. The van der Waals surface area contributed by atoms with Gasteiger partial charge in [-0.3, -0.25) is 9.59 Å². The monoisotopic (exact) mass is 420 g/mol. The third-order valence-electron chi connectivity index (χ3n) is 9.02. The molecule has 2 bridgehead atoms. The van der Waals surface area contributed by atoms with Crippen molar-refractivity contribution in [3.05, 3.63) is 12.2 Å². The molecule has 3 saturated carbocycles. The van der Waals surface area contributed by atoms with E-state index in [9.17, 15) is 14.7 Å². The van der Waals surface area contributed by atoms with Crippen molar-refractivity contribution in [2.45, 2.75) is 77.7 Å². The first-order valence-corrected chi connectivity index (χ1v) is 11.0. The quantitative estimate of drug-likeness (QED) is 0.542. The molecule has 9 atom stereocenters. The van der Waals surface area contributed by atoms with Gasteiger partial charge >= 0.3 is 11.9 Å². The number of methoxy groups -OCH3 is 1. The second-order valence-electron chi connectivity index (χ2n) is 10.6. The first kappa shape index (κ1) is 20.5. The fourth-order valence-electron chi connectivity index (χ4n) is 8.11. The van der Waals surface area contributed by atoms with Crippen molar-refractivity contribution < 1.29 is 33.6 Å². The van der Waals surface area contributed by atoms with Crippen LogP contribution in [-0.4, -0.2) is 48.9 Å². The Balaban J connectivity index is 1.73. The van der Waals surface area contributed by atoms with Crippen LogP contribution in [0.3, 0.4) is 0 Å². The van der Waals surface area contributed by atoms with Crippen molar-refractivity contribution in [3.63, 3.8) is 0 Å². The molecule has 3 aliphatic carbocycles. The van der Waals surface area contributed by atoms with Crippen LogP contribution in [0.2, 0.25) is 0 Å². The third kappa shape index (κ3) is 2.21. The summed E-state index contributed by atoms with van der Waals surface area (Å²) in [5, 5.41) is 11.0. The van der Waals surface area contributed by atoms with Crippen LogP contribution in [0.15, 0.2) is 12.2 Å². The molecule has 2 aliphatic heterocycles. The van der Waals surface area contributed by atoms with Crippen LogP contribution < -0.4 is 0 Å². The molecule has 7 nitrogen and oxygen atoms in total. The minimum absolute atomic E-state index is 0.120. The van der Waals surface area contributed by atoms with E-state index in [1.807, 2.05) is 0 Å². The summed E-state index contributed by atoms with van der Waals surface area (Å²) >= 11 is 0. The molecule has 0 amide bonds. The van der Waals surface area contributed by atoms with E-state index in [0.717, 1.165) is 24.8 Å². The van der Waals surface area contributed by atoms with Gasteiger partial charge in [-0.1, -0.05) is 20.4 Å². The third-order valence-corrected chi connectivity index (χ3v) is 9.02. The van der Waals surface area contributed by atoms with E-state index in [4.69, 9.17) is 18.9 Å². The summed E-state index contributed by atoms with van der Waals surface area (Å²) in [5.74, 6) is -1.06. The maximum absolute atomic E-state index is 13.6. The van der Waals surface area contributed by atoms with Crippen LogP contribution in [0, 0.1) is 34.0 Å². The number of hydrogen-bond donors (Lipinski definition) is 1. The number of carbonyl (C=O) groups excluding carboxylic acids is 2. The Morgan fingerprint density at radius 2 is 2.00 bits per heavy atom. The second kappa shape index (κ2) is 6.30. The van der Waals surface area contributed by atoms with Crippen molar-refractivity contribution in [2.75, 3.05) is 7.11 Å². The van der Waals surface area contributed by atoms with Gasteiger partial charge in [-0.2, -0.15) is 0 Å². The van der Waals surface area contributed by atoms with Gasteiger partial charge in [0.1, 0.15) is 17.6 Å². The molecule has 0 radical (unpaired) electrons. The van der Waals surface area contributed by atoms with E-state index in [2.05, 4.69) is 20.4 Å². The van der Waals surface area contributed by atoms with Gasteiger partial charge in [-0.05, 0) is 54.9 Å². The van der Waals surface area contributed by atoms with Gasteiger partial charge in [-0.15, -0.1) is 0 Å². The number of fused-ring (bicyclic) bond motifs is 1. The van der Waals surface area contributed by atoms with E-state index < -0.39 is 41.6 Å². The zero-order chi connectivity index (χ0) is 21.6. The first-order valence-electron chi connectivity index (χ1n) is 11.0. The lowest BCUT2D eigenvalue weighted by atomic mass is 9.43. The number of esters is 2. The molecule has 2 saturated heterocycles. The van der Waals surface area contributed by atoms with Crippen LogP contribution in [0.25, 0.3) is 0 Å². The number of ether oxygens (including phenoxy) is 4. The number of aliphatic hydroxyl groups excluding tert-OH is 1. The van der Waals surface area contributed by atoms with E-state index in [0.29, 0.717) is 12.8 Å². The van der Waals surface area contributed by atoms with Gasteiger partial charge in [0, 0.05) is 20.0 Å². The van der Waals surface area contributed by atoms with Crippen LogP contribution in [0.5, 0.6) is 0 Å². The van der Waals surface area contributed by atoms with Gasteiger partial charge in [0.15, 0.2) is 12.6 Å². The molecule has 166 valence electrons. The predicted octanol–water partition coefficient (Wildman–Crippen LogP) is 2.56. The Morgan fingerprint density at radius 3 is 2.67 bits per heavy atom. The molecule has 5 rings (SSSR count). The number of carbonyl (C=O) groups is 2. The SMILES string of the molecule is C=C1[C@@H]2CC[C@@H]3[C@](C2)(C(=O)O[C@H]2CCC(C)(C)[C@H]4[C@H](O)O[C@H](OC)[C@@]243)[C@@H]1OC(C)=O. The summed E-state index contributed by atoms with van der Waals surface area (Å²) in [4.78, 5) is 25.6. The Hall–Kier alpha value is -1.44. The predicted molar refractivity (Wildman–Crippen MR) is 105 cm³/mol. The van der Waals surface area contributed by atoms with Crippen molar-refractivity contribution in [1.29, 1.82) is 0 Å². The van der Waals surface area contributed by atoms with Gasteiger partial charge < -0.3 is 24.1 Å². The zero-order valence-corrected chi connectivity index (χ0v) is 18.2. The highest BCUT2D eigenvalue weighted by atomic mass is 16.7. The van der Waals surface area contributed by atoms with Crippen LogP contribution >= 0.6 is 0 Å². The molecule has 1 N–H and O–H groups in total. The Morgan fingerprint density at radius 1 is 1.27 bits per heavy atom. The first-order chi connectivity index (χ1) is 14.1. The summed E-state index contributed by atoms with van der Waals surface area (Å²) in [7, 11) is 1.58. The Labute approximate surface area is 177 Å². The van der Waals surface area contributed by atoms with E-state index in [1.54, 1.807) is 7.11 Å². The second-order valence-corrected chi connectivity index (χ2v) is 10.6. The summed E-state index contributed by atoms with van der Waals surface area (Å²) in [6.07, 6.45) is 0.885. The molecule has 2 heterocycles. The smallest absolute Gasteiger partial charge is 0.316 e. The number of hydrogen-bond acceptors (Lipinski definition) is 7. The standard InChI is InChI=1S/C23H32O7/c1-11-13-6-7-14-22(10-13,17(11)28-12(2)24)19(26)29-15-8-9-21(3,4)16-18(25)30-20(27-5)23(14,15)16/h13-18,20,25H,1,6-10H2,2-5H3/t13-,14-,15+,16-,17-,18-,20+,22+,23+/m1/s1. The largest absolute Gasteiger partial charge is 0.461 e. The van der Waals surface area contributed by atoms with Crippen molar-refractivity contribution in [1.82, 2.24) is 0 Å². The highest BCUT2D eigenvalue weighted by Crippen LogP contribution is 2.73. The zero-order valence-electron chi connectivity index (χ0n) is 18.2. The molecule has 0 aromatic rings. The summed E-state index contributed by atoms with van der Waals surface area (Å²) < 4.78 is 23.8. The Kier molecular flexibility index (Phi) is 4.30. The fourth-order valence-corrected chi connectivity index (χ4v) is 8.11. The van der Waals surface area contributed by atoms with Crippen LogP contribution in [-0.2, 0) is 28.5 Å². The molecule has 30 heavy (non-hydrogen) atoms. The normalized spacial score (nSPS) is 50.9. The van der Waals surface area contributed by atoms with Gasteiger partial charge in [-0.25, -0.2) is 0 Å². The van der Waals surface area contributed by atoms with Gasteiger partial charge in [0.05, 0.1) is 5.41 Å². The summed E-state index contributed by atoms with van der Waals surface area (Å²) in [5.41, 5.74) is -1.12. The van der Waals surface area contributed by atoms with E-state index >= 15 is 0 Å². The van der Waals surface area contributed by atoms with Gasteiger partial charge in [0.2, 0.25) is 0 Å². The number of rotatable bonds is 2. The molecule has 7 heteroatoms. The van der Waals surface area contributed by atoms with Crippen LogP contribution in [0.4, 0.5) is 0 Å². The Bertz CT molecular complexity index is 805. The topological polar surface area (TPSA) is 91.3 Å². The molecule has 0 unspecified atom stereocenters. The van der Waals surface area contributed by atoms with E-state index in [-0.39, 0.29) is 29.1 Å². The maximum atomic E-state index is 13.6. The molecule has 5 aliphatic rings. The van der Waals surface area contributed by atoms with Crippen molar-refractivity contribution in [2.24, 2.45) is 34.0 Å². The molecule has 2 spiro atoms. The fraction of sp³-hybridized carbons (Fsp3) is 0.826. The molecule has 0 aromatic carbocycles. The lowest BCUT2D eigenvalue weighted by Crippen LogP contribution is -2.70. The summed E-state index contributed by atoms with van der Waals surface area (Å²) in [6, 6.07) is 0. The average molecular weight is 421 g/mol. The minimum atomic E-state index is -1.00. The van der Waals surface area contributed by atoms with E-state index in [1.165, 1.54) is 6.92 Å². The minimum Gasteiger partial charge on any atom is -0.461 e. The lowest BCUT2D eigenvalue weighted by Gasteiger charge is -2.63.